The smallest absolute Gasteiger partial charge is 0.257 e. The fourth-order valence-corrected chi connectivity index (χ4v) is 4.56. The first-order valence-electron chi connectivity index (χ1n) is 10.9. The maximum absolute atomic E-state index is 13.4. The maximum atomic E-state index is 13.4. The van der Waals surface area contributed by atoms with Gasteiger partial charge < -0.3 is 10.2 Å². The minimum atomic E-state index is -0.715. The second-order valence-electron chi connectivity index (χ2n) is 8.34. The van der Waals surface area contributed by atoms with E-state index in [1.165, 1.54) is 6.33 Å². The molecular weight excluding hydrogens is 404 g/mol. The summed E-state index contributed by atoms with van der Waals surface area (Å²) < 4.78 is 0. The average Bonchev–Trinajstić information content (AvgIpc) is 3.25. The highest BCUT2D eigenvalue weighted by molar-refractivity contribution is 5.95. The van der Waals surface area contributed by atoms with Gasteiger partial charge >= 0.3 is 0 Å². The molecule has 1 aliphatic rings. The number of piperidine rings is 1. The number of aromatic nitrogens is 4. The first kappa shape index (κ1) is 21.7. The number of aromatic amines is 1. The van der Waals surface area contributed by atoms with Crippen LogP contribution >= 0.6 is 0 Å². The summed E-state index contributed by atoms with van der Waals surface area (Å²) in [7, 11) is 0. The van der Waals surface area contributed by atoms with E-state index in [-0.39, 0.29) is 11.8 Å². The average molecular weight is 433 g/mol. The Kier molecular flexibility index (Phi) is 6.30. The normalized spacial score (nSPS) is 18.4. The Bertz CT molecular complexity index is 1100. The van der Waals surface area contributed by atoms with E-state index in [4.69, 9.17) is 0 Å². The molecule has 0 bridgehead atoms. The van der Waals surface area contributed by atoms with Crippen LogP contribution in [0.3, 0.4) is 0 Å². The fraction of sp³-hybridized carbons (Fsp3) is 0.375. The summed E-state index contributed by atoms with van der Waals surface area (Å²) in [5.41, 5.74) is 3.53. The van der Waals surface area contributed by atoms with E-state index < -0.39 is 5.41 Å². The molecule has 3 aromatic rings. The van der Waals surface area contributed by atoms with Crippen LogP contribution < -0.4 is 5.32 Å². The first-order valence-corrected chi connectivity index (χ1v) is 10.9. The number of carbonyl (C=O) groups excluding carboxylic acids is 2. The van der Waals surface area contributed by atoms with Crippen LogP contribution in [0.2, 0.25) is 0 Å². The summed E-state index contributed by atoms with van der Waals surface area (Å²) in [4.78, 5) is 36.7. The van der Waals surface area contributed by atoms with Gasteiger partial charge in [-0.05, 0) is 44.2 Å². The summed E-state index contributed by atoms with van der Waals surface area (Å²) in [5, 5.41) is 9.84. The van der Waals surface area contributed by atoms with Crippen molar-refractivity contribution in [2.45, 2.75) is 33.1 Å². The van der Waals surface area contributed by atoms with Crippen molar-refractivity contribution in [3.8, 4) is 11.1 Å². The number of rotatable bonds is 6. The van der Waals surface area contributed by atoms with E-state index in [0.717, 1.165) is 28.8 Å². The molecule has 1 fully saturated rings. The molecule has 32 heavy (non-hydrogen) atoms. The zero-order valence-electron chi connectivity index (χ0n) is 18.5. The molecule has 0 spiro atoms. The molecule has 1 atom stereocenters. The van der Waals surface area contributed by atoms with Crippen molar-refractivity contribution >= 4 is 11.8 Å². The van der Waals surface area contributed by atoms with Crippen LogP contribution in [0.1, 0.15) is 41.4 Å². The lowest BCUT2D eigenvalue weighted by atomic mass is 9.73. The number of nitrogens with zero attached hydrogens (tertiary/aromatic N) is 4. The van der Waals surface area contributed by atoms with Crippen molar-refractivity contribution in [1.82, 2.24) is 30.4 Å². The van der Waals surface area contributed by atoms with Crippen molar-refractivity contribution in [1.29, 1.82) is 0 Å². The number of nitrogens with one attached hydrogen (secondary N) is 2. The molecule has 2 N–H and O–H groups in total. The van der Waals surface area contributed by atoms with Gasteiger partial charge in [-0.3, -0.25) is 14.7 Å². The Morgan fingerprint density at radius 3 is 2.69 bits per heavy atom. The van der Waals surface area contributed by atoms with E-state index >= 15 is 0 Å². The number of likely N-dealkylation sites (tertiary alicyclic amines) is 1. The van der Waals surface area contributed by atoms with Gasteiger partial charge in [0.1, 0.15) is 6.33 Å². The third-order valence-corrected chi connectivity index (χ3v) is 6.16. The predicted octanol–water partition coefficient (Wildman–Crippen LogP) is 2.78. The molecule has 1 saturated heterocycles. The van der Waals surface area contributed by atoms with Crippen LogP contribution in [-0.2, 0) is 11.2 Å². The Morgan fingerprint density at radius 1 is 1.19 bits per heavy atom. The molecule has 0 saturated carbocycles. The third-order valence-electron chi connectivity index (χ3n) is 6.16. The van der Waals surface area contributed by atoms with Crippen LogP contribution in [0.4, 0.5) is 0 Å². The standard InChI is InChI=1S/C24H28N6O2/c1-3-27-23(32)24(9-6-10-30(15-24)22(31)21-14-28-29-17(21)2)11-18-7-4-5-8-20(18)19-12-25-16-26-13-19/h4-5,7-8,12-14,16H,3,6,9-11,15H2,1-2H3,(H,27,32)(H,28,29)/t24-/m0/s1. The third kappa shape index (κ3) is 4.26. The molecule has 3 heterocycles. The lowest BCUT2D eigenvalue weighted by Crippen LogP contribution is -2.54. The maximum Gasteiger partial charge on any atom is 0.257 e. The highest BCUT2D eigenvalue weighted by atomic mass is 16.2. The molecule has 8 nitrogen and oxygen atoms in total. The molecule has 1 aromatic carbocycles. The lowest BCUT2D eigenvalue weighted by molar-refractivity contribution is -0.133. The number of hydrogen-bond donors (Lipinski definition) is 2. The van der Waals surface area contributed by atoms with Crippen LogP contribution in [0.15, 0.2) is 49.2 Å². The van der Waals surface area contributed by atoms with E-state index in [1.54, 1.807) is 23.5 Å². The molecule has 0 unspecified atom stereocenters. The lowest BCUT2D eigenvalue weighted by Gasteiger charge is -2.42. The fourth-order valence-electron chi connectivity index (χ4n) is 4.56. The Balaban J connectivity index is 1.69. The van der Waals surface area contributed by atoms with Gasteiger partial charge in [-0.1, -0.05) is 24.3 Å². The summed E-state index contributed by atoms with van der Waals surface area (Å²) in [5.74, 6) is -0.102. The predicted molar refractivity (Wildman–Crippen MR) is 121 cm³/mol. The van der Waals surface area contributed by atoms with Gasteiger partial charge in [0.15, 0.2) is 0 Å². The second kappa shape index (κ2) is 9.30. The Labute approximate surface area is 187 Å². The van der Waals surface area contributed by atoms with Crippen molar-refractivity contribution in [2.24, 2.45) is 5.41 Å². The number of amides is 2. The van der Waals surface area contributed by atoms with Gasteiger partial charge in [0.05, 0.1) is 17.2 Å². The Hall–Kier alpha value is -3.55. The zero-order valence-corrected chi connectivity index (χ0v) is 18.5. The summed E-state index contributed by atoms with van der Waals surface area (Å²) in [6.07, 6.45) is 8.63. The van der Waals surface area contributed by atoms with Crippen molar-refractivity contribution in [3.05, 3.63) is 66.0 Å². The van der Waals surface area contributed by atoms with Gasteiger partial charge in [0.2, 0.25) is 5.91 Å². The van der Waals surface area contributed by atoms with Crippen LogP contribution in [-0.4, -0.2) is 56.5 Å². The molecule has 8 heteroatoms. The number of aryl methyl sites for hydroxylation is 1. The first-order chi connectivity index (χ1) is 15.5. The minimum absolute atomic E-state index is 0.0134. The number of carbonyl (C=O) groups is 2. The van der Waals surface area contributed by atoms with Crippen LogP contribution in [0.25, 0.3) is 11.1 Å². The van der Waals surface area contributed by atoms with E-state index in [9.17, 15) is 9.59 Å². The molecule has 4 rings (SSSR count). The zero-order chi connectivity index (χ0) is 22.6. The highest BCUT2D eigenvalue weighted by Gasteiger charge is 2.44. The van der Waals surface area contributed by atoms with Gasteiger partial charge in [0, 0.05) is 43.3 Å². The minimum Gasteiger partial charge on any atom is -0.356 e. The van der Waals surface area contributed by atoms with Gasteiger partial charge in [-0.25, -0.2) is 9.97 Å². The molecule has 0 aliphatic carbocycles. The largest absolute Gasteiger partial charge is 0.356 e. The monoisotopic (exact) mass is 432 g/mol. The SMILES string of the molecule is CCNC(=O)[C@]1(Cc2ccccc2-c2cncnc2)CCCN(C(=O)c2cn[nH]c2C)C1. The number of H-pyrrole nitrogens is 1. The Morgan fingerprint density at radius 2 is 1.97 bits per heavy atom. The van der Waals surface area contributed by atoms with Crippen LogP contribution in [0, 0.1) is 12.3 Å². The number of hydrogen-bond acceptors (Lipinski definition) is 5. The second-order valence-corrected chi connectivity index (χ2v) is 8.34. The highest BCUT2D eigenvalue weighted by Crippen LogP contribution is 2.37. The summed E-state index contributed by atoms with van der Waals surface area (Å²) >= 11 is 0. The van der Waals surface area contributed by atoms with Gasteiger partial charge in [0.25, 0.3) is 5.91 Å². The van der Waals surface area contributed by atoms with E-state index in [0.29, 0.717) is 38.0 Å². The molecule has 0 radical (unpaired) electrons. The molecule has 2 aromatic heterocycles. The molecule has 2 amide bonds. The summed E-state index contributed by atoms with van der Waals surface area (Å²) in [6, 6.07) is 8.03. The van der Waals surface area contributed by atoms with Gasteiger partial charge in [-0.15, -0.1) is 0 Å². The van der Waals surface area contributed by atoms with Crippen molar-refractivity contribution < 1.29 is 9.59 Å². The van der Waals surface area contributed by atoms with E-state index in [1.807, 2.05) is 38.1 Å². The van der Waals surface area contributed by atoms with Crippen molar-refractivity contribution in [3.63, 3.8) is 0 Å². The summed E-state index contributed by atoms with van der Waals surface area (Å²) in [6.45, 7) is 5.28. The van der Waals surface area contributed by atoms with Gasteiger partial charge in [-0.2, -0.15) is 5.10 Å². The van der Waals surface area contributed by atoms with Crippen LogP contribution in [0.5, 0.6) is 0 Å². The topological polar surface area (TPSA) is 104 Å². The van der Waals surface area contributed by atoms with Crippen molar-refractivity contribution in [2.75, 3.05) is 19.6 Å². The number of benzene rings is 1. The molecule has 1 aliphatic heterocycles. The molecular formula is C24H28N6O2. The molecule has 166 valence electrons. The quantitative estimate of drug-likeness (QED) is 0.623. The van der Waals surface area contributed by atoms with E-state index in [2.05, 4.69) is 25.5 Å².